The summed E-state index contributed by atoms with van der Waals surface area (Å²) in [4.78, 5) is 11.3. The number of halogens is 1. The molecule has 2 N–H and O–H groups in total. The highest BCUT2D eigenvalue weighted by Gasteiger charge is 2.30. The molecule has 20 heavy (non-hydrogen) atoms. The number of carbonyl (C=O) groups excluding carboxylic acids is 1. The van der Waals surface area contributed by atoms with Gasteiger partial charge in [0.05, 0.1) is 18.3 Å². The van der Waals surface area contributed by atoms with Crippen LogP contribution in [0.4, 0.5) is 4.39 Å². The molecule has 0 heterocycles. The number of hydrogen-bond acceptors (Lipinski definition) is 4. The quantitative estimate of drug-likeness (QED) is 0.811. The fourth-order valence-corrected chi connectivity index (χ4v) is 2.59. The normalized spacial score (nSPS) is 17.1. The van der Waals surface area contributed by atoms with Crippen molar-refractivity contribution >= 4 is 5.97 Å². The topological polar surface area (TPSA) is 58.6 Å². The Bertz CT molecular complexity index is 484. The van der Waals surface area contributed by atoms with Crippen LogP contribution in [-0.2, 0) is 11.3 Å². The van der Waals surface area contributed by atoms with E-state index < -0.39 is 17.4 Å². The molecule has 0 atom stereocenters. The van der Waals surface area contributed by atoms with Crippen molar-refractivity contribution in [1.82, 2.24) is 5.32 Å². The molecular weight excluding hydrogens is 261 g/mol. The largest absolute Gasteiger partial charge is 0.465 e. The molecule has 0 saturated heterocycles. The van der Waals surface area contributed by atoms with E-state index in [0.717, 1.165) is 31.2 Å². The second-order valence-corrected chi connectivity index (χ2v) is 5.34. The van der Waals surface area contributed by atoms with Crippen molar-refractivity contribution in [2.45, 2.75) is 37.8 Å². The summed E-state index contributed by atoms with van der Waals surface area (Å²) in [7, 11) is 1.22. The average Bonchev–Trinajstić information content (AvgIpc) is 2.85. The number of benzene rings is 1. The van der Waals surface area contributed by atoms with Gasteiger partial charge in [0.1, 0.15) is 5.82 Å². The highest BCUT2D eigenvalue weighted by Crippen LogP contribution is 2.28. The zero-order valence-corrected chi connectivity index (χ0v) is 11.6. The molecule has 1 fully saturated rings. The molecule has 1 aromatic carbocycles. The number of esters is 1. The lowest BCUT2D eigenvalue weighted by Crippen LogP contribution is -2.37. The van der Waals surface area contributed by atoms with Crippen molar-refractivity contribution in [1.29, 1.82) is 0 Å². The number of ether oxygens (including phenoxy) is 1. The summed E-state index contributed by atoms with van der Waals surface area (Å²) in [5.41, 5.74) is 0.0484. The Balaban J connectivity index is 1.90. The first-order valence-electron chi connectivity index (χ1n) is 6.84. The number of carbonyl (C=O) groups is 1. The number of methoxy groups -OCH3 is 1. The molecule has 1 aliphatic rings. The Morgan fingerprint density at radius 1 is 1.45 bits per heavy atom. The molecule has 5 heteroatoms. The van der Waals surface area contributed by atoms with Gasteiger partial charge in [-0.1, -0.05) is 18.9 Å². The lowest BCUT2D eigenvalue weighted by Gasteiger charge is -2.22. The van der Waals surface area contributed by atoms with Crippen molar-refractivity contribution in [2.24, 2.45) is 0 Å². The summed E-state index contributed by atoms with van der Waals surface area (Å²) in [6.45, 7) is 0.966. The van der Waals surface area contributed by atoms with Crippen LogP contribution in [0, 0.1) is 5.82 Å². The van der Waals surface area contributed by atoms with Crippen LogP contribution in [0.2, 0.25) is 0 Å². The maximum Gasteiger partial charge on any atom is 0.340 e. The summed E-state index contributed by atoms with van der Waals surface area (Å²) < 4.78 is 18.2. The summed E-state index contributed by atoms with van der Waals surface area (Å²) in [5.74, 6) is -1.27. The third-order valence-corrected chi connectivity index (χ3v) is 3.76. The van der Waals surface area contributed by atoms with Gasteiger partial charge in [-0.25, -0.2) is 9.18 Å². The minimum absolute atomic E-state index is 0.0642. The van der Waals surface area contributed by atoms with Crippen LogP contribution in [0.5, 0.6) is 0 Å². The fourth-order valence-electron chi connectivity index (χ4n) is 2.59. The average molecular weight is 281 g/mol. The molecule has 0 unspecified atom stereocenters. The lowest BCUT2D eigenvalue weighted by atomic mass is 10.0. The minimum atomic E-state index is -0.678. The second kappa shape index (κ2) is 6.33. The van der Waals surface area contributed by atoms with Crippen LogP contribution >= 0.6 is 0 Å². The highest BCUT2D eigenvalue weighted by atomic mass is 19.1. The van der Waals surface area contributed by atoms with Crippen LogP contribution < -0.4 is 5.32 Å². The minimum Gasteiger partial charge on any atom is -0.465 e. The summed E-state index contributed by atoms with van der Waals surface area (Å²) >= 11 is 0. The van der Waals surface area contributed by atoms with Gasteiger partial charge in [-0.3, -0.25) is 0 Å². The molecule has 2 rings (SSSR count). The van der Waals surface area contributed by atoms with Crippen molar-refractivity contribution in [3.63, 3.8) is 0 Å². The number of nitrogens with one attached hydrogen (secondary N) is 1. The molecule has 1 aliphatic carbocycles. The SMILES string of the molecule is COC(=O)c1ccc(CNCC2(O)CCCC2)cc1F. The molecule has 0 aromatic heterocycles. The van der Waals surface area contributed by atoms with Crippen molar-refractivity contribution < 1.29 is 19.0 Å². The van der Waals surface area contributed by atoms with E-state index in [2.05, 4.69) is 10.1 Å². The van der Waals surface area contributed by atoms with Crippen molar-refractivity contribution in [3.8, 4) is 0 Å². The van der Waals surface area contributed by atoms with E-state index in [1.807, 2.05) is 0 Å². The third-order valence-electron chi connectivity index (χ3n) is 3.76. The Morgan fingerprint density at radius 3 is 2.75 bits per heavy atom. The summed E-state index contributed by atoms with van der Waals surface area (Å²) in [5, 5.41) is 13.3. The number of aliphatic hydroxyl groups is 1. The van der Waals surface area contributed by atoms with Gasteiger partial charge in [-0.15, -0.1) is 0 Å². The van der Waals surface area contributed by atoms with E-state index in [0.29, 0.717) is 13.1 Å². The van der Waals surface area contributed by atoms with Gasteiger partial charge in [-0.05, 0) is 30.5 Å². The van der Waals surface area contributed by atoms with E-state index in [1.165, 1.54) is 19.2 Å². The fraction of sp³-hybridized carbons (Fsp3) is 0.533. The Morgan fingerprint density at radius 2 is 2.15 bits per heavy atom. The molecule has 110 valence electrons. The van der Waals surface area contributed by atoms with Crippen LogP contribution in [0.3, 0.4) is 0 Å². The zero-order chi connectivity index (χ0) is 14.6. The number of rotatable bonds is 5. The maximum atomic E-state index is 13.7. The van der Waals surface area contributed by atoms with Gasteiger partial charge in [0, 0.05) is 13.1 Å². The van der Waals surface area contributed by atoms with Gasteiger partial charge in [-0.2, -0.15) is 0 Å². The zero-order valence-electron chi connectivity index (χ0n) is 11.6. The van der Waals surface area contributed by atoms with E-state index in [-0.39, 0.29) is 5.56 Å². The molecule has 0 spiro atoms. The second-order valence-electron chi connectivity index (χ2n) is 5.34. The Hall–Kier alpha value is -1.46. The standard InChI is InChI=1S/C15H20FNO3/c1-20-14(18)12-5-4-11(8-13(12)16)9-17-10-15(19)6-2-3-7-15/h4-5,8,17,19H,2-3,6-7,9-10H2,1H3. The molecule has 0 amide bonds. The number of hydrogen-bond donors (Lipinski definition) is 2. The third kappa shape index (κ3) is 3.55. The first kappa shape index (κ1) is 14.9. The predicted octanol–water partition coefficient (Wildman–Crippen LogP) is 2.01. The Kier molecular flexibility index (Phi) is 4.73. The smallest absolute Gasteiger partial charge is 0.340 e. The first-order valence-corrected chi connectivity index (χ1v) is 6.84. The van der Waals surface area contributed by atoms with E-state index >= 15 is 0 Å². The van der Waals surface area contributed by atoms with Gasteiger partial charge >= 0.3 is 5.97 Å². The summed E-state index contributed by atoms with van der Waals surface area (Å²) in [6.07, 6.45) is 3.74. The Labute approximate surface area is 117 Å². The van der Waals surface area contributed by atoms with E-state index in [4.69, 9.17) is 0 Å². The molecule has 0 aliphatic heterocycles. The van der Waals surface area contributed by atoms with Crippen LogP contribution in [0.15, 0.2) is 18.2 Å². The van der Waals surface area contributed by atoms with Gasteiger partial charge in [0.2, 0.25) is 0 Å². The van der Waals surface area contributed by atoms with Crippen LogP contribution in [0.1, 0.15) is 41.6 Å². The van der Waals surface area contributed by atoms with Crippen LogP contribution in [-0.4, -0.2) is 30.3 Å². The molecule has 4 nitrogen and oxygen atoms in total. The van der Waals surface area contributed by atoms with Gasteiger partial charge in [0.25, 0.3) is 0 Å². The molecule has 1 saturated carbocycles. The maximum absolute atomic E-state index is 13.7. The first-order chi connectivity index (χ1) is 9.54. The van der Waals surface area contributed by atoms with E-state index in [1.54, 1.807) is 6.07 Å². The summed E-state index contributed by atoms with van der Waals surface area (Å²) in [6, 6.07) is 4.42. The molecule has 0 radical (unpaired) electrons. The predicted molar refractivity (Wildman–Crippen MR) is 72.9 cm³/mol. The monoisotopic (exact) mass is 281 g/mol. The van der Waals surface area contributed by atoms with Crippen LogP contribution in [0.25, 0.3) is 0 Å². The molecule has 1 aromatic rings. The molecule has 0 bridgehead atoms. The van der Waals surface area contributed by atoms with Gasteiger partial charge < -0.3 is 15.2 Å². The van der Waals surface area contributed by atoms with Crippen molar-refractivity contribution in [2.75, 3.05) is 13.7 Å². The van der Waals surface area contributed by atoms with Gasteiger partial charge in [0.15, 0.2) is 0 Å². The van der Waals surface area contributed by atoms with E-state index in [9.17, 15) is 14.3 Å². The molecular formula is C15H20FNO3. The highest BCUT2D eigenvalue weighted by molar-refractivity contribution is 5.89. The van der Waals surface area contributed by atoms with Crippen molar-refractivity contribution in [3.05, 3.63) is 35.1 Å². The lowest BCUT2D eigenvalue weighted by molar-refractivity contribution is 0.0474.